The number of nitrogens with one attached hydrogen (secondary N) is 2. The lowest BCUT2D eigenvalue weighted by Crippen LogP contribution is -2.37. The van der Waals surface area contributed by atoms with E-state index in [4.69, 9.17) is 5.73 Å². The van der Waals surface area contributed by atoms with E-state index in [9.17, 15) is 9.59 Å². The highest BCUT2D eigenvalue weighted by atomic mass is 16.2. The summed E-state index contributed by atoms with van der Waals surface area (Å²) < 4.78 is 0. The maximum absolute atomic E-state index is 12.0. The second-order valence-electron chi connectivity index (χ2n) is 4.99. The van der Waals surface area contributed by atoms with Crippen molar-refractivity contribution in [2.45, 2.75) is 45.8 Å². The molecule has 1 unspecified atom stereocenters. The molecule has 4 N–H and O–H groups in total. The van der Waals surface area contributed by atoms with Crippen LogP contribution in [0.4, 0.5) is 0 Å². The summed E-state index contributed by atoms with van der Waals surface area (Å²) in [5.74, 6) is -0.306. The van der Waals surface area contributed by atoms with Gasteiger partial charge < -0.3 is 16.4 Å². The number of carbonyl (C=O) groups is 2. The molecule has 0 aliphatic heterocycles. The van der Waals surface area contributed by atoms with Crippen LogP contribution in [0.1, 0.15) is 43.1 Å². The number of nitrogens with two attached hydrogens (primary N) is 1. The lowest BCUT2D eigenvalue weighted by Gasteiger charge is -2.12. The quantitative estimate of drug-likeness (QED) is 0.730. The molecule has 20 heavy (non-hydrogen) atoms. The highest BCUT2D eigenvalue weighted by molar-refractivity contribution is 5.94. The van der Waals surface area contributed by atoms with Gasteiger partial charge in [-0.15, -0.1) is 0 Å². The molecule has 0 fully saturated rings. The molecule has 0 bridgehead atoms. The van der Waals surface area contributed by atoms with Crippen LogP contribution in [0, 0.1) is 0 Å². The number of carbonyl (C=O) groups excluding carboxylic acids is 2. The van der Waals surface area contributed by atoms with Crippen molar-refractivity contribution in [3.63, 3.8) is 0 Å². The van der Waals surface area contributed by atoms with E-state index in [1.165, 1.54) is 0 Å². The highest BCUT2D eigenvalue weighted by Gasteiger charge is 2.10. The first-order valence-electron chi connectivity index (χ1n) is 6.87. The minimum Gasteiger partial charge on any atom is -0.351 e. The van der Waals surface area contributed by atoms with Gasteiger partial charge in [0.2, 0.25) is 5.91 Å². The van der Waals surface area contributed by atoms with Gasteiger partial charge >= 0.3 is 0 Å². The molecule has 0 saturated heterocycles. The maximum atomic E-state index is 12.0. The number of hydrogen-bond acceptors (Lipinski definition) is 3. The maximum Gasteiger partial charge on any atom is 0.251 e. The Morgan fingerprint density at radius 3 is 2.60 bits per heavy atom. The van der Waals surface area contributed by atoms with E-state index in [2.05, 4.69) is 10.6 Å². The summed E-state index contributed by atoms with van der Waals surface area (Å²) in [6.45, 7) is 5.98. The summed E-state index contributed by atoms with van der Waals surface area (Å²) in [5, 5.41) is 5.63. The lowest BCUT2D eigenvalue weighted by molar-refractivity contribution is -0.122. The Morgan fingerprint density at radius 2 is 2.00 bits per heavy atom. The van der Waals surface area contributed by atoms with E-state index < -0.39 is 6.04 Å². The molecule has 0 heterocycles. The Hall–Kier alpha value is -1.88. The van der Waals surface area contributed by atoms with Crippen molar-refractivity contribution in [2.75, 3.05) is 0 Å². The van der Waals surface area contributed by atoms with Crippen molar-refractivity contribution in [3.05, 3.63) is 35.4 Å². The second kappa shape index (κ2) is 7.65. The molecule has 0 radical (unpaired) electrons. The third-order valence-corrected chi connectivity index (χ3v) is 3.06. The van der Waals surface area contributed by atoms with Gasteiger partial charge in [0.25, 0.3) is 5.91 Å². The average Bonchev–Trinajstić information content (AvgIpc) is 2.44. The van der Waals surface area contributed by atoms with Gasteiger partial charge in [0.05, 0.1) is 6.04 Å². The fourth-order valence-electron chi connectivity index (χ4n) is 1.58. The summed E-state index contributed by atoms with van der Waals surface area (Å²) in [6.07, 6.45) is 0.885. The van der Waals surface area contributed by atoms with Gasteiger partial charge in [0.1, 0.15) is 0 Å². The van der Waals surface area contributed by atoms with Crippen molar-refractivity contribution >= 4 is 11.8 Å². The third kappa shape index (κ3) is 5.01. The van der Waals surface area contributed by atoms with E-state index in [0.29, 0.717) is 12.1 Å². The molecular weight excluding hydrogens is 254 g/mol. The predicted octanol–water partition coefficient (Wildman–Crippen LogP) is 1.18. The Morgan fingerprint density at radius 1 is 1.30 bits per heavy atom. The number of benzene rings is 1. The minimum atomic E-state index is -0.535. The number of hydrogen-bond donors (Lipinski definition) is 3. The van der Waals surface area contributed by atoms with Crippen LogP contribution < -0.4 is 16.4 Å². The SMILES string of the molecule is CCC(C)NC(=O)c1cccc(CNC(=O)[C@H](C)N)c1. The molecule has 1 aromatic carbocycles. The van der Waals surface area contributed by atoms with Crippen LogP contribution in [0.5, 0.6) is 0 Å². The minimum absolute atomic E-state index is 0.0975. The summed E-state index contributed by atoms with van der Waals surface area (Å²) >= 11 is 0. The van der Waals surface area contributed by atoms with E-state index in [0.717, 1.165) is 12.0 Å². The van der Waals surface area contributed by atoms with Gasteiger partial charge in [0, 0.05) is 18.2 Å². The number of rotatable bonds is 6. The number of amides is 2. The molecule has 0 aliphatic rings. The topological polar surface area (TPSA) is 84.2 Å². The molecule has 1 rings (SSSR count). The first-order chi connectivity index (χ1) is 9.43. The van der Waals surface area contributed by atoms with Crippen molar-refractivity contribution in [3.8, 4) is 0 Å². The molecule has 5 heteroatoms. The van der Waals surface area contributed by atoms with Crippen LogP contribution in [0.2, 0.25) is 0 Å². The largest absolute Gasteiger partial charge is 0.351 e. The van der Waals surface area contributed by atoms with Crippen LogP contribution in [0.3, 0.4) is 0 Å². The van der Waals surface area contributed by atoms with E-state index in [-0.39, 0.29) is 17.9 Å². The van der Waals surface area contributed by atoms with Gasteiger partial charge in [-0.3, -0.25) is 9.59 Å². The fraction of sp³-hybridized carbons (Fsp3) is 0.467. The van der Waals surface area contributed by atoms with E-state index >= 15 is 0 Å². The van der Waals surface area contributed by atoms with Gasteiger partial charge in [-0.2, -0.15) is 0 Å². The highest BCUT2D eigenvalue weighted by Crippen LogP contribution is 2.06. The molecule has 2 atom stereocenters. The fourth-order valence-corrected chi connectivity index (χ4v) is 1.58. The average molecular weight is 277 g/mol. The van der Waals surface area contributed by atoms with E-state index in [1.54, 1.807) is 25.1 Å². The van der Waals surface area contributed by atoms with Crippen LogP contribution in [0.25, 0.3) is 0 Å². The zero-order chi connectivity index (χ0) is 15.1. The van der Waals surface area contributed by atoms with Gasteiger partial charge in [-0.25, -0.2) is 0 Å². The van der Waals surface area contributed by atoms with E-state index in [1.807, 2.05) is 19.9 Å². The Bertz CT molecular complexity index is 472. The van der Waals surface area contributed by atoms with Gasteiger partial charge in [0.15, 0.2) is 0 Å². The predicted molar refractivity (Wildman–Crippen MR) is 79.2 cm³/mol. The second-order valence-corrected chi connectivity index (χ2v) is 4.99. The summed E-state index contributed by atoms with van der Waals surface area (Å²) in [6, 6.07) is 6.81. The van der Waals surface area contributed by atoms with Gasteiger partial charge in [-0.05, 0) is 38.0 Å². The molecule has 1 aromatic rings. The summed E-state index contributed by atoms with van der Waals surface area (Å²) in [4.78, 5) is 23.4. The molecule has 2 amide bonds. The van der Waals surface area contributed by atoms with Crippen LogP contribution >= 0.6 is 0 Å². The zero-order valence-electron chi connectivity index (χ0n) is 12.3. The first kappa shape index (κ1) is 16.2. The molecule has 110 valence electrons. The van der Waals surface area contributed by atoms with Crippen molar-refractivity contribution in [1.82, 2.24) is 10.6 Å². The molecular formula is C15H23N3O2. The Balaban J connectivity index is 2.66. The Kier molecular flexibility index (Phi) is 6.18. The lowest BCUT2D eigenvalue weighted by atomic mass is 10.1. The zero-order valence-corrected chi connectivity index (χ0v) is 12.3. The van der Waals surface area contributed by atoms with Gasteiger partial charge in [-0.1, -0.05) is 19.1 Å². The van der Waals surface area contributed by atoms with Crippen LogP contribution in [-0.2, 0) is 11.3 Å². The standard InChI is InChI=1S/C15H23N3O2/c1-4-10(2)18-15(20)13-7-5-6-12(8-13)9-17-14(19)11(3)16/h5-8,10-11H,4,9,16H2,1-3H3,(H,17,19)(H,18,20)/t10?,11-/m0/s1. The smallest absolute Gasteiger partial charge is 0.251 e. The molecule has 0 saturated carbocycles. The molecule has 0 aromatic heterocycles. The summed E-state index contributed by atoms with van der Waals surface area (Å²) in [5.41, 5.74) is 6.94. The van der Waals surface area contributed by atoms with Crippen molar-refractivity contribution in [2.24, 2.45) is 5.73 Å². The molecule has 0 spiro atoms. The Labute approximate surface area is 119 Å². The van der Waals surface area contributed by atoms with Crippen LogP contribution in [-0.4, -0.2) is 23.9 Å². The first-order valence-corrected chi connectivity index (χ1v) is 6.87. The monoisotopic (exact) mass is 277 g/mol. The van der Waals surface area contributed by atoms with Crippen molar-refractivity contribution in [1.29, 1.82) is 0 Å². The normalized spacial score (nSPS) is 13.4. The third-order valence-electron chi connectivity index (χ3n) is 3.06. The van der Waals surface area contributed by atoms with Crippen LogP contribution in [0.15, 0.2) is 24.3 Å². The molecule has 0 aliphatic carbocycles. The van der Waals surface area contributed by atoms with Crippen molar-refractivity contribution < 1.29 is 9.59 Å². The summed E-state index contributed by atoms with van der Waals surface area (Å²) in [7, 11) is 0. The molecule has 5 nitrogen and oxygen atoms in total.